The number of carbonyl (C=O) groups excluding carboxylic acids is 2. The third-order valence-electron chi connectivity index (χ3n) is 2.32. The summed E-state index contributed by atoms with van der Waals surface area (Å²) in [6.45, 7) is 14.0. The van der Waals surface area contributed by atoms with Crippen LogP contribution in [0.2, 0.25) is 0 Å². The van der Waals surface area contributed by atoms with Crippen LogP contribution < -0.4 is 5.32 Å². The summed E-state index contributed by atoms with van der Waals surface area (Å²) in [5.41, 5.74) is 0. The maximum Gasteiger partial charge on any atom is 0.311 e. The molecule has 4 heteroatoms. The molecule has 0 saturated carbocycles. The molecule has 106 valence electrons. The van der Waals surface area contributed by atoms with E-state index in [4.69, 9.17) is 0 Å². The van der Waals surface area contributed by atoms with E-state index in [0.717, 1.165) is 0 Å². The van der Waals surface area contributed by atoms with Gasteiger partial charge in [-0.2, -0.15) is 0 Å². The molecule has 0 aromatic heterocycles. The molecule has 0 bridgehead atoms. The van der Waals surface area contributed by atoms with Crippen LogP contribution >= 0.6 is 0 Å². The van der Waals surface area contributed by atoms with E-state index in [1.54, 1.807) is 4.90 Å². The van der Waals surface area contributed by atoms with E-state index in [2.05, 4.69) is 5.32 Å². The molecule has 0 aliphatic rings. The first-order valence-electron chi connectivity index (χ1n) is 6.81. The summed E-state index contributed by atoms with van der Waals surface area (Å²) in [6.07, 6.45) is 0. The summed E-state index contributed by atoms with van der Waals surface area (Å²) in [4.78, 5) is 25.4. The second-order valence-electron chi connectivity index (χ2n) is 6.10. The number of hydrogen-bond acceptors (Lipinski definition) is 2. The smallest absolute Gasteiger partial charge is 0.311 e. The summed E-state index contributed by atoms with van der Waals surface area (Å²) in [5, 5.41) is 2.68. The van der Waals surface area contributed by atoms with E-state index in [9.17, 15) is 9.59 Å². The van der Waals surface area contributed by atoms with Gasteiger partial charge in [-0.3, -0.25) is 9.59 Å². The molecular formula is C14H28N2O2. The topological polar surface area (TPSA) is 49.4 Å². The fourth-order valence-electron chi connectivity index (χ4n) is 1.64. The Morgan fingerprint density at radius 2 is 1.33 bits per heavy atom. The summed E-state index contributed by atoms with van der Waals surface area (Å²) >= 11 is 0. The maximum absolute atomic E-state index is 12.0. The van der Waals surface area contributed by atoms with E-state index in [1.165, 1.54) is 0 Å². The number of carbonyl (C=O) groups is 2. The second-order valence-corrected chi connectivity index (χ2v) is 6.10. The molecule has 1 N–H and O–H groups in total. The van der Waals surface area contributed by atoms with Crippen molar-refractivity contribution in [3.8, 4) is 0 Å². The molecule has 0 heterocycles. The molecule has 0 aliphatic heterocycles. The van der Waals surface area contributed by atoms with Gasteiger partial charge in [-0.15, -0.1) is 0 Å². The Hall–Kier alpha value is -1.06. The number of nitrogens with one attached hydrogen (secondary N) is 1. The number of amides is 2. The average Bonchev–Trinajstić information content (AvgIpc) is 2.22. The molecule has 2 amide bonds. The zero-order chi connectivity index (χ0) is 14.3. The molecule has 0 rings (SSSR count). The summed E-state index contributed by atoms with van der Waals surface area (Å²) in [7, 11) is 0. The molecule has 4 nitrogen and oxygen atoms in total. The Kier molecular flexibility index (Phi) is 7.64. The highest BCUT2D eigenvalue weighted by molar-refractivity contribution is 6.35. The van der Waals surface area contributed by atoms with Crippen molar-refractivity contribution in [1.82, 2.24) is 10.2 Å². The van der Waals surface area contributed by atoms with Gasteiger partial charge in [0.15, 0.2) is 0 Å². The molecular weight excluding hydrogens is 228 g/mol. The van der Waals surface area contributed by atoms with Crippen molar-refractivity contribution in [2.24, 2.45) is 17.8 Å². The third-order valence-corrected chi connectivity index (χ3v) is 2.32. The van der Waals surface area contributed by atoms with Crippen molar-refractivity contribution in [3.63, 3.8) is 0 Å². The Morgan fingerprint density at radius 1 is 0.889 bits per heavy atom. The SMILES string of the molecule is CC(C)CNC(=O)C(=O)N(CC(C)C)CC(C)C. The molecule has 0 saturated heterocycles. The van der Waals surface area contributed by atoms with Crippen molar-refractivity contribution in [1.29, 1.82) is 0 Å². The van der Waals surface area contributed by atoms with E-state index in [1.807, 2.05) is 41.5 Å². The standard InChI is InChI=1S/C14H28N2O2/c1-10(2)7-15-13(17)14(18)16(8-11(3)4)9-12(5)6/h10-12H,7-9H2,1-6H3,(H,15,17). The molecule has 0 spiro atoms. The Bertz CT molecular complexity index is 263. The first-order valence-corrected chi connectivity index (χ1v) is 6.81. The van der Waals surface area contributed by atoms with Crippen molar-refractivity contribution in [3.05, 3.63) is 0 Å². The van der Waals surface area contributed by atoms with E-state index in [0.29, 0.717) is 37.4 Å². The fraction of sp³-hybridized carbons (Fsp3) is 0.857. The Morgan fingerprint density at radius 3 is 1.67 bits per heavy atom. The minimum absolute atomic E-state index is 0.352. The maximum atomic E-state index is 12.0. The number of rotatable bonds is 6. The van der Waals surface area contributed by atoms with Crippen molar-refractivity contribution in [2.75, 3.05) is 19.6 Å². The summed E-state index contributed by atoms with van der Waals surface area (Å²) in [5.74, 6) is 0.199. The molecule has 0 aromatic carbocycles. The zero-order valence-electron chi connectivity index (χ0n) is 12.6. The highest BCUT2D eigenvalue weighted by Crippen LogP contribution is 2.04. The van der Waals surface area contributed by atoms with Crippen LogP contribution in [0, 0.1) is 17.8 Å². The van der Waals surface area contributed by atoms with Gasteiger partial charge in [0.05, 0.1) is 0 Å². The van der Waals surface area contributed by atoms with Crippen LogP contribution in [0.3, 0.4) is 0 Å². The van der Waals surface area contributed by atoms with Crippen LogP contribution in [0.5, 0.6) is 0 Å². The minimum Gasteiger partial charge on any atom is -0.348 e. The van der Waals surface area contributed by atoms with Gasteiger partial charge in [-0.05, 0) is 17.8 Å². The largest absolute Gasteiger partial charge is 0.348 e. The number of hydrogen-bond donors (Lipinski definition) is 1. The van der Waals surface area contributed by atoms with Gasteiger partial charge in [0, 0.05) is 19.6 Å². The van der Waals surface area contributed by atoms with Crippen LogP contribution in [-0.2, 0) is 9.59 Å². The number of nitrogens with zero attached hydrogens (tertiary/aromatic N) is 1. The van der Waals surface area contributed by atoms with Gasteiger partial charge in [-0.1, -0.05) is 41.5 Å². The van der Waals surface area contributed by atoms with E-state index < -0.39 is 11.8 Å². The van der Waals surface area contributed by atoms with Crippen LogP contribution in [-0.4, -0.2) is 36.3 Å². The first-order chi connectivity index (χ1) is 8.23. The predicted molar refractivity (Wildman–Crippen MR) is 74.1 cm³/mol. The van der Waals surface area contributed by atoms with E-state index in [-0.39, 0.29) is 0 Å². The van der Waals surface area contributed by atoms with E-state index >= 15 is 0 Å². The highest BCUT2D eigenvalue weighted by atomic mass is 16.2. The Balaban J connectivity index is 4.48. The van der Waals surface area contributed by atoms with Crippen LogP contribution in [0.25, 0.3) is 0 Å². The van der Waals surface area contributed by atoms with Crippen LogP contribution in [0.15, 0.2) is 0 Å². The van der Waals surface area contributed by atoms with Gasteiger partial charge < -0.3 is 10.2 Å². The highest BCUT2D eigenvalue weighted by Gasteiger charge is 2.22. The van der Waals surface area contributed by atoms with Crippen molar-refractivity contribution < 1.29 is 9.59 Å². The van der Waals surface area contributed by atoms with Gasteiger partial charge in [0.25, 0.3) is 0 Å². The predicted octanol–water partition coefficient (Wildman–Crippen LogP) is 1.90. The lowest BCUT2D eigenvalue weighted by atomic mass is 10.1. The zero-order valence-corrected chi connectivity index (χ0v) is 12.6. The molecule has 0 aromatic rings. The lowest BCUT2D eigenvalue weighted by molar-refractivity contribution is -0.146. The molecule has 0 aliphatic carbocycles. The lowest BCUT2D eigenvalue weighted by Crippen LogP contribution is -2.46. The monoisotopic (exact) mass is 256 g/mol. The summed E-state index contributed by atoms with van der Waals surface area (Å²) < 4.78 is 0. The molecule has 18 heavy (non-hydrogen) atoms. The second kappa shape index (κ2) is 8.11. The van der Waals surface area contributed by atoms with Gasteiger partial charge in [0.2, 0.25) is 0 Å². The Labute approximate surface area is 111 Å². The third kappa shape index (κ3) is 7.30. The van der Waals surface area contributed by atoms with Gasteiger partial charge >= 0.3 is 11.8 Å². The average molecular weight is 256 g/mol. The minimum atomic E-state index is -0.481. The molecule has 0 radical (unpaired) electrons. The molecule has 0 unspecified atom stereocenters. The van der Waals surface area contributed by atoms with Crippen molar-refractivity contribution in [2.45, 2.75) is 41.5 Å². The lowest BCUT2D eigenvalue weighted by Gasteiger charge is -2.25. The van der Waals surface area contributed by atoms with Crippen LogP contribution in [0.4, 0.5) is 0 Å². The quantitative estimate of drug-likeness (QED) is 0.738. The first kappa shape index (κ1) is 16.9. The van der Waals surface area contributed by atoms with Gasteiger partial charge in [-0.25, -0.2) is 0 Å². The van der Waals surface area contributed by atoms with Crippen molar-refractivity contribution >= 4 is 11.8 Å². The van der Waals surface area contributed by atoms with Gasteiger partial charge in [0.1, 0.15) is 0 Å². The summed E-state index contributed by atoms with van der Waals surface area (Å²) in [6, 6.07) is 0. The van der Waals surface area contributed by atoms with Crippen LogP contribution in [0.1, 0.15) is 41.5 Å². The normalized spacial score (nSPS) is 11.2. The molecule has 0 atom stereocenters. The molecule has 0 fully saturated rings. The fourth-order valence-corrected chi connectivity index (χ4v) is 1.64.